The normalized spacial score (nSPS) is 13.4. The summed E-state index contributed by atoms with van der Waals surface area (Å²) in [6.45, 7) is 8.89. The van der Waals surface area contributed by atoms with Crippen molar-refractivity contribution in [3.05, 3.63) is 68.8 Å². The van der Waals surface area contributed by atoms with Crippen LogP contribution in [0.15, 0.2) is 36.4 Å². The fourth-order valence-corrected chi connectivity index (χ4v) is 4.41. The summed E-state index contributed by atoms with van der Waals surface area (Å²) >= 11 is 0. The minimum absolute atomic E-state index is 0.105. The van der Waals surface area contributed by atoms with E-state index in [1.807, 2.05) is 39.0 Å². The van der Waals surface area contributed by atoms with Crippen molar-refractivity contribution in [1.29, 1.82) is 0 Å². The van der Waals surface area contributed by atoms with Crippen LogP contribution in [0.4, 0.5) is 11.4 Å². The van der Waals surface area contributed by atoms with E-state index in [1.54, 1.807) is 6.92 Å². The number of hydrogen-bond acceptors (Lipinski definition) is 5. The van der Waals surface area contributed by atoms with Gasteiger partial charge in [0, 0.05) is 12.1 Å². The van der Waals surface area contributed by atoms with Crippen molar-refractivity contribution in [2.45, 2.75) is 46.7 Å². The Balaban J connectivity index is 2.37. The third kappa shape index (κ3) is 5.15. The maximum absolute atomic E-state index is 12.9. The summed E-state index contributed by atoms with van der Waals surface area (Å²) in [6.07, 6.45) is 0.974. The number of non-ortho nitro benzene ring substituents is 1. The van der Waals surface area contributed by atoms with Gasteiger partial charge in [0.1, 0.15) is 6.04 Å². The number of amides is 1. The molecule has 2 atom stereocenters. The number of carbonyl (C=O) groups excluding carboxylic acids is 1. The fraction of sp³-hybridized carbons (Fsp3) is 0.381. The van der Waals surface area contributed by atoms with E-state index in [1.165, 1.54) is 25.1 Å². The lowest BCUT2D eigenvalue weighted by Crippen LogP contribution is -2.48. The molecule has 0 heterocycles. The second-order valence-electron chi connectivity index (χ2n) is 7.54. The van der Waals surface area contributed by atoms with Gasteiger partial charge in [-0.1, -0.05) is 24.3 Å². The fourth-order valence-electron chi connectivity index (χ4n) is 3.18. The average molecular weight is 434 g/mol. The van der Waals surface area contributed by atoms with Crippen LogP contribution in [0.2, 0.25) is 0 Å². The van der Waals surface area contributed by atoms with E-state index in [9.17, 15) is 23.3 Å². The minimum atomic E-state index is -3.89. The second kappa shape index (κ2) is 8.83. The van der Waals surface area contributed by atoms with E-state index >= 15 is 0 Å². The van der Waals surface area contributed by atoms with Crippen molar-refractivity contribution in [2.24, 2.45) is 0 Å². The molecule has 30 heavy (non-hydrogen) atoms. The monoisotopic (exact) mass is 433 g/mol. The number of sulfonamides is 1. The molecule has 0 fully saturated rings. The molecule has 0 saturated carbocycles. The second-order valence-corrected chi connectivity index (χ2v) is 9.40. The molecular formula is C21H27N3O5S. The topological polar surface area (TPSA) is 110 Å². The lowest BCUT2D eigenvalue weighted by Gasteiger charge is -2.30. The highest BCUT2D eigenvalue weighted by atomic mass is 32.2. The minimum Gasteiger partial charge on any atom is -0.348 e. The van der Waals surface area contributed by atoms with Crippen molar-refractivity contribution < 1.29 is 18.1 Å². The number of rotatable bonds is 7. The number of anilines is 1. The first kappa shape index (κ1) is 23.3. The first-order valence-corrected chi connectivity index (χ1v) is 11.3. The lowest BCUT2D eigenvalue weighted by molar-refractivity contribution is -0.384. The summed E-state index contributed by atoms with van der Waals surface area (Å²) in [5, 5.41) is 14.0. The van der Waals surface area contributed by atoms with Crippen LogP contribution in [-0.4, -0.2) is 31.5 Å². The quantitative estimate of drug-likeness (QED) is 0.530. The van der Waals surface area contributed by atoms with E-state index in [4.69, 9.17) is 0 Å². The Bertz CT molecular complexity index is 1080. The molecule has 0 unspecified atom stereocenters. The number of nitrogens with zero attached hydrogens (tertiary/aromatic N) is 2. The van der Waals surface area contributed by atoms with Crippen LogP contribution in [0.3, 0.4) is 0 Å². The molecular weight excluding hydrogens is 406 g/mol. The van der Waals surface area contributed by atoms with Crippen LogP contribution in [0.5, 0.6) is 0 Å². The molecule has 162 valence electrons. The maximum Gasteiger partial charge on any atom is 0.271 e. The number of aryl methyl sites for hydroxylation is 3. The molecule has 0 aromatic heterocycles. The smallest absolute Gasteiger partial charge is 0.271 e. The van der Waals surface area contributed by atoms with Gasteiger partial charge in [0.15, 0.2) is 0 Å². The standard InChI is InChI=1S/C21H27N3O5S/c1-13-7-9-18(11-15(13)3)16(4)22-21(25)17(5)23(30(6,28)29)20-12-19(24(26)27)10-8-14(20)2/h7-12,16-17H,1-6H3,(H,22,25)/t16-,17+/m0/s1. The highest BCUT2D eigenvalue weighted by Gasteiger charge is 2.32. The molecule has 1 amide bonds. The van der Waals surface area contributed by atoms with E-state index in [0.29, 0.717) is 5.56 Å². The molecule has 0 saturated heterocycles. The van der Waals surface area contributed by atoms with Gasteiger partial charge >= 0.3 is 0 Å². The van der Waals surface area contributed by atoms with Crippen LogP contribution < -0.4 is 9.62 Å². The first-order chi connectivity index (χ1) is 13.8. The summed E-state index contributed by atoms with van der Waals surface area (Å²) in [5.74, 6) is -0.503. The average Bonchev–Trinajstić information content (AvgIpc) is 2.64. The zero-order valence-corrected chi connectivity index (χ0v) is 18.8. The van der Waals surface area contributed by atoms with Crippen LogP contribution in [0, 0.1) is 30.9 Å². The zero-order chi connectivity index (χ0) is 22.8. The van der Waals surface area contributed by atoms with Crippen LogP contribution >= 0.6 is 0 Å². The van der Waals surface area contributed by atoms with Crippen LogP contribution in [-0.2, 0) is 14.8 Å². The first-order valence-electron chi connectivity index (χ1n) is 9.45. The summed E-state index contributed by atoms with van der Waals surface area (Å²) in [6, 6.07) is 8.35. The van der Waals surface area contributed by atoms with Gasteiger partial charge in [0.05, 0.1) is 22.9 Å². The largest absolute Gasteiger partial charge is 0.348 e. The highest BCUT2D eigenvalue weighted by Crippen LogP contribution is 2.29. The van der Waals surface area contributed by atoms with Gasteiger partial charge in [0.25, 0.3) is 5.69 Å². The number of nitrogens with one attached hydrogen (secondary N) is 1. The van der Waals surface area contributed by atoms with Gasteiger partial charge in [-0.15, -0.1) is 0 Å². The van der Waals surface area contributed by atoms with Crippen molar-refractivity contribution in [1.82, 2.24) is 5.32 Å². The van der Waals surface area contributed by atoms with E-state index in [2.05, 4.69) is 5.32 Å². The molecule has 9 heteroatoms. The summed E-state index contributed by atoms with van der Waals surface area (Å²) in [7, 11) is -3.89. The predicted molar refractivity (Wildman–Crippen MR) is 117 cm³/mol. The van der Waals surface area contributed by atoms with Gasteiger partial charge in [-0.3, -0.25) is 19.2 Å². The molecule has 0 radical (unpaired) electrons. The van der Waals surface area contributed by atoms with Crippen LogP contribution in [0.25, 0.3) is 0 Å². The Labute approximate surface area is 177 Å². The van der Waals surface area contributed by atoms with Crippen molar-refractivity contribution >= 4 is 27.3 Å². The molecule has 0 bridgehead atoms. The molecule has 2 rings (SSSR count). The zero-order valence-electron chi connectivity index (χ0n) is 18.0. The molecule has 0 spiro atoms. The molecule has 1 N–H and O–H groups in total. The number of nitro groups is 1. The maximum atomic E-state index is 12.9. The van der Waals surface area contributed by atoms with E-state index in [0.717, 1.165) is 27.3 Å². The van der Waals surface area contributed by atoms with E-state index < -0.39 is 26.9 Å². The Hall–Kier alpha value is -2.94. The van der Waals surface area contributed by atoms with Gasteiger partial charge in [-0.25, -0.2) is 8.42 Å². The Kier molecular flexibility index (Phi) is 6.87. The number of nitro benzene ring substituents is 1. The third-order valence-corrected chi connectivity index (χ3v) is 6.35. The number of carbonyl (C=O) groups is 1. The third-order valence-electron chi connectivity index (χ3n) is 5.12. The van der Waals surface area contributed by atoms with Gasteiger partial charge in [0.2, 0.25) is 15.9 Å². The van der Waals surface area contributed by atoms with Gasteiger partial charge in [-0.05, 0) is 56.9 Å². The van der Waals surface area contributed by atoms with Crippen molar-refractivity contribution in [3.8, 4) is 0 Å². The summed E-state index contributed by atoms with van der Waals surface area (Å²) < 4.78 is 26.0. The Morgan fingerprint density at radius 3 is 2.17 bits per heavy atom. The molecule has 2 aromatic carbocycles. The Morgan fingerprint density at radius 1 is 1.03 bits per heavy atom. The van der Waals surface area contributed by atoms with Crippen molar-refractivity contribution in [3.63, 3.8) is 0 Å². The highest BCUT2D eigenvalue weighted by molar-refractivity contribution is 7.92. The molecule has 0 aliphatic heterocycles. The van der Waals surface area contributed by atoms with Crippen LogP contribution in [0.1, 0.15) is 42.1 Å². The molecule has 0 aliphatic carbocycles. The van der Waals surface area contributed by atoms with Gasteiger partial charge < -0.3 is 5.32 Å². The van der Waals surface area contributed by atoms with Crippen molar-refractivity contribution in [2.75, 3.05) is 10.6 Å². The summed E-state index contributed by atoms with van der Waals surface area (Å²) in [5.41, 5.74) is 3.49. The SMILES string of the molecule is Cc1ccc([C@H](C)NC(=O)[C@@H](C)N(c2cc([N+](=O)[O-])ccc2C)S(C)(=O)=O)cc1C. The lowest BCUT2D eigenvalue weighted by atomic mass is 10.0. The van der Waals surface area contributed by atoms with E-state index in [-0.39, 0.29) is 17.4 Å². The Morgan fingerprint density at radius 2 is 1.63 bits per heavy atom. The molecule has 0 aliphatic rings. The predicted octanol–water partition coefficient (Wildman–Crippen LogP) is 3.55. The summed E-state index contributed by atoms with van der Waals surface area (Å²) in [4.78, 5) is 23.5. The molecule has 8 nitrogen and oxygen atoms in total. The number of hydrogen-bond donors (Lipinski definition) is 1. The number of benzene rings is 2. The molecule has 2 aromatic rings. The van der Waals surface area contributed by atoms with Gasteiger partial charge in [-0.2, -0.15) is 0 Å².